The van der Waals surface area contributed by atoms with Crippen molar-refractivity contribution in [1.82, 2.24) is 15.3 Å². The minimum Gasteiger partial charge on any atom is -0.490 e. The van der Waals surface area contributed by atoms with Crippen LogP contribution in [0.2, 0.25) is 5.02 Å². The molecule has 0 saturated carbocycles. The van der Waals surface area contributed by atoms with E-state index in [0.29, 0.717) is 49.7 Å². The van der Waals surface area contributed by atoms with Crippen LogP contribution in [0.1, 0.15) is 65.1 Å². The number of esters is 2. The van der Waals surface area contributed by atoms with Crippen LogP contribution in [-0.4, -0.2) is 65.8 Å². The van der Waals surface area contributed by atoms with Crippen molar-refractivity contribution in [3.8, 4) is 33.5 Å². The van der Waals surface area contributed by atoms with Gasteiger partial charge in [-0.05, 0) is 70.4 Å². The Morgan fingerprint density at radius 3 is 2.38 bits per heavy atom. The molecule has 15 heteroatoms. The second-order valence-corrected chi connectivity index (χ2v) is 16.4. The zero-order valence-electron chi connectivity index (χ0n) is 31.9. The van der Waals surface area contributed by atoms with Gasteiger partial charge in [0.05, 0.1) is 24.3 Å². The summed E-state index contributed by atoms with van der Waals surface area (Å²) in [5.74, 6) is -0.751. The molecule has 0 spiro atoms. The number of anilines is 1. The number of benzene rings is 2. The fraction of sp³-hybridized carbons (Fsp3) is 0.390. The highest BCUT2D eigenvalue weighted by Gasteiger charge is 2.28. The Balaban J connectivity index is 1.23. The number of rotatable bonds is 15. The highest BCUT2D eigenvalue weighted by atomic mass is 35.5. The molecule has 0 unspecified atom stereocenters. The molecule has 2 aromatic heterocycles. The van der Waals surface area contributed by atoms with Gasteiger partial charge in [-0.1, -0.05) is 54.6 Å². The number of ether oxygens (including phenoxy) is 3. The van der Waals surface area contributed by atoms with Gasteiger partial charge in [0.25, 0.3) is 0 Å². The molecule has 2 aromatic carbocycles. The van der Waals surface area contributed by atoms with Crippen LogP contribution >= 0.6 is 34.7 Å². The maximum Gasteiger partial charge on any atom is 0.328 e. The summed E-state index contributed by atoms with van der Waals surface area (Å²) in [6, 6.07) is 16.0. The van der Waals surface area contributed by atoms with Crippen molar-refractivity contribution in [2.75, 3.05) is 31.2 Å². The van der Waals surface area contributed by atoms with E-state index < -0.39 is 35.4 Å². The molecule has 1 aliphatic heterocycles. The van der Waals surface area contributed by atoms with Gasteiger partial charge in [-0.3, -0.25) is 9.59 Å². The van der Waals surface area contributed by atoms with E-state index in [1.807, 2.05) is 29.6 Å². The normalized spacial score (nSPS) is 13.6. The van der Waals surface area contributed by atoms with E-state index in [0.717, 1.165) is 42.2 Å². The second-order valence-electron chi connectivity index (χ2n) is 14.2. The molecule has 2 atom stereocenters. The average molecular weight is 815 g/mol. The van der Waals surface area contributed by atoms with Crippen molar-refractivity contribution in [1.29, 1.82) is 5.26 Å². The molecular formula is C41H43ClN6O6S2. The smallest absolute Gasteiger partial charge is 0.328 e. The van der Waals surface area contributed by atoms with Gasteiger partial charge in [0.2, 0.25) is 11.6 Å². The van der Waals surface area contributed by atoms with E-state index in [-0.39, 0.29) is 19.6 Å². The summed E-state index contributed by atoms with van der Waals surface area (Å²) in [6.07, 6.45) is 1.87. The molecule has 1 aliphatic rings. The van der Waals surface area contributed by atoms with Crippen molar-refractivity contribution < 1.29 is 28.6 Å². The molecule has 4 aromatic rings. The summed E-state index contributed by atoms with van der Waals surface area (Å²) in [5, 5.41) is 17.1. The van der Waals surface area contributed by atoms with Crippen LogP contribution in [-0.2, 0) is 29.6 Å². The lowest BCUT2D eigenvalue weighted by molar-refractivity contribution is -0.157. The average Bonchev–Trinajstić information content (AvgIpc) is 3.88. The van der Waals surface area contributed by atoms with E-state index in [1.165, 1.54) is 30.0 Å². The first kappa shape index (κ1) is 42.0. The minimum absolute atomic E-state index is 0.0447. The van der Waals surface area contributed by atoms with Crippen molar-refractivity contribution in [3.63, 3.8) is 0 Å². The van der Waals surface area contributed by atoms with Crippen molar-refractivity contribution in [2.24, 2.45) is 5.92 Å². The quantitative estimate of drug-likeness (QED) is 0.0532. The number of amides is 1. The van der Waals surface area contributed by atoms with E-state index >= 15 is 0 Å². The first-order valence-electron chi connectivity index (χ1n) is 18.1. The Hall–Kier alpha value is -5.15. The van der Waals surface area contributed by atoms with Gasteiger partial charge in [-0.2, -0.15) is 5.26 Å². The standard InChI is InChI=1S/C41H43ClN6O6S2/c1-25(21-33(49)54-41(3,4)5)37(50)45-26(2)40(51)53-20-19-52-31-15-11-27(12-16-31)34-32(22-43)39(47-36(35(34)44-6)48-17-7-8-18-48)56-24-30-23-55-38(46-30)28-9-13-29(42)14-10-28/h9-16,23,25-26H,7-8,17-21,24H2,1-5H3,(H,45,50)/t25-,26+/m1/s1. The Kier molecular flexibility index (Phi) is 14.4. The van der Waals surface area contributed by atoms with Gasteiger partial charge in [0, 0.05) is 46.3 Å². The number of hydrogen-bond donors (Lipinski definition) is 1. The van der Waals surface area contributed by atoms with Crippen molar-refractivity contribution in [3.05, 3.63) is 81.6 Å². The van der Waals surface area contributed by atoms with Gasteiger partial charge in [-0.15, -0.1) is 11.3 Å². The molecule has 0 bridgehead atoms. The molecule has 0 aliphatic carbocycles. The predicted octanol–water partition coefficient (Wildman–Crippen LogP) is 8.64. The molecule has 1 fully saturated rings. The highest BCUT2D eigenvalue weighted by molar-refractivity contribution is 7.98. The highest BCUT2D eigenvalue weighted by Crippen LogP contribution is 2.45. The number of pyridine rings is 1. The zero-order valence-corrected chi connectivity index (χ0v) is 34.3. The number of carbonyl (C=O) groups is 3. The maximum atomic E-state index is 12.5. The molecule has 5 rings (SSSR count). The fourth-order valence-corrected chi connectivity index (χ4v) is 7.75. The monoisotopic (exact) mass is 814 g/mol. The van der Waals surface area contributed by atoms with Crippen molar-refractivity contribution in [2.45, 2.75) is 76.3 Å². The summed E-state index contributed by atoms with van der Waals surface area (Å²) < 4.78 is 16.4. The number of thiazole rings is 1. The number of carbonyl (C=O) groups excluding carboxylic acids is 3. The van der Waals surface area contributed by atoms with Crippen molar-refractivity contribution >= 4 is 64.1 Å². The summed E-state index contributed by atoms with van der Waals surface area (Å²) >= 11 is 9.02. The Morgan fingerprint density at radius 1 is 1.05 bits per heavy atom. The minimum atomic E-state index is -0.934. The number of halogens is 1. The van der Waals surface area contributed by atoms with E-state index in [1.54, 1.807) is 52.0 Å². The van der Waals surface area contributed by atoms with Crippen LogP contribution in [0.25, 0.3) is 26.5 Å². The van der Waals surface area contributed by atoms with Gasteiger partial charge in [-0.25, -0.2) is 19.6 Å². The molecule has 0 radical (unpaired) electrons. The molecule has 12 nitrogen and oxygen atoms in total. The number of nitriles is 1. The van der Waals surface area contributed by atoms with Gasteiger partial charge < -0.3 is 24.4 Å². The maximum absolute atomic E-state index is 12.5. The number of aromatic nitrogens is 2. The molecule has 292 valence electrons. The van der Waals surface area contributed by atoms with E-state index in [9.17, 15) is 19.6 Å². The van der Waals surface area contributed by atoms with Crippen LogP contribution < -0.4 is 15.0 Å². The SMILES string of the molecule is [C-]#[N+]c1c(N2CCCC2)nc(SCc2csc(-c3ccc(Cl)cc3)n2)c(C#N)c1-c1ccc(OCCOC(=O)[C@H](C)NC(=O)[C@H](C)CC(=O)OC(C)(C)C)cc1. The summed E-state index contributed by atoms with van der Waals surface area (Å²) in [7, 11) is 0. The first-order valence-corrected chi connectivity index (χ1v) is 20.4. The molecule has 56 heavy (non-hydrogen) atoms. The van der Waals surface area contributed by atoms with Gasteiger partial charge in [0.1, 0.15) is 52.5 Å². The first-order chi connectivity index (χ1) is 26.8. The number of thioether (sulfide) groups is 1. The third kappa shape index (κ3) is 11.2. The lowest BCUT2D eigenvalue weighted by atomic mass is 9.99. The van der Waals surface area contributed by atoms with Crippen LogP contribution in [0.5, 0.6) is 5.75 Å². The molecular weight excluding hydrogens is 772 g/mol. The molecule has 1 amide bonds. The third-order valence-electron chi connectivity index (χ3n) is 8.54. The second kappa shape index (κ2) is 19.1. The Labute approximate surface area is 340 Å². The number of hydrogen-bond acceptors (Lipinski definition) is 12. The van der Waals surface area contributed by atoms with E-state index in [4.69, 9.17) is 42.4 Å². The predicted molar refractivity (Wildman–Crippen MR) is 218 cm³/mol. The Bertz CT molecular complexity index is 2120. The van der Waals surface area contributed by atoms with Crippen LogP contribution in [0, 0.1) is 23.8 Å². The fourth-order valence-electron chi connectivity index (χ4n) is 5.81. The zero-order chi connectivity index (χ0) is 40.4. The van der Waals surface area contributed by atoms with Crippen LogP contribution in [0.15, 0.2) is 58.9 Å². The third-order valence-corrected chi connectivity index (χ3v) is 10.7. The van der Waals surface area contributed by atoms with Gasteiger partial charge >= 0.3 is 11.9 Å². The topological polar surface area (TPSA) is 148 Å². The summed E-state index contributed by atoms with van der Waals surface area (Å²) in [5.41, 5.74) is 2.99. The molecule has 1 N–H and O–H groups in total. The van der Waals surface area contributed by atoms with Crippen LogP contribution in [0.4, 0.5) is 11.5 Å². The van der Waals surface area contributed by atoms with E-state index in [2.05, 4.69) is 21.1 Å². The lowest BCUT2D eigenvalue weighted by Crippen LogP contribution is -2.43. The lowest BCUT2D eigenvalue weighted by Gasteiger charge is -2.22. The largest absolute Gasteiger partial charge is 0.490 e. The van der Waals surface area contributed by atoms with Crippen LogP contribution in [0.3, 0.4) is 0 Å². The summed E-state index contributed by atoms with van der Waals surface area (Å²) in [6.45, 7) is 18.0. The Morgan fingerprint density at radius 2 is 1.73 bits per heavy atom. The molecule has 1 saturated heterocycles. The number of nitrogens with zero attached hydrogens (tertiary/aromatic N) is 5. The summed E-state index contributed by atoms with van der Waals surface area (Å²) in [4.78, 5) is 52.9. The van der Waals surface area contributed by atoms with Gasteiger partial charge in [0.15, 0.2) is 0 Å². The number of nitrogens with one attached hydrogen (secondary N) is 1. The molecule has 3 heterocycles.